The number of urea groups is 1. The van der Waals surface area contributed by atoms with Gasteiger partial charge in [0, 0.05) is 24.1 Å². The second-order valence-corrected chi connectivity index (χ2v) is 4.87. The fraction of sp³-hybridized carbons (Fsp3) is 0.364. The molecule has 2 amide bonds. The molecule has 0 saturated carbocycles. The SMILES string of the molecule is O=C(Nc1ccc2c(c1)OCO2)N1CCSC1. The van der Waals surface area contributed by atoms with E-state index in [0.717, 1.165) is 29.6 Å². The van der Waals surface area contributed by atoms with Crippen LogP contribution in [0, 0.1) is 0 Å². The number of rotatable bonds is 1. The Hall–Kier alpha value is -1.56. The zero-order chi connectivity index (χ0) is 11.7. The van der Waals surface area contributed by atoms with Gasteiger partial charge in [-0.25, -0.2) is 4.79 Å². The van der Waals surface area contributed by atoms with Gasteiger partial charge in [-0.05, 0) is 12.1 Å². The summed E-state index contributed by atoms with van der Waals surface area (Å²) in [6.07, 6.45) is 0. The topological polar surface area (TPSA) is 50.8 Å². The van der Waals surface area contributed by atoms with Gasteiger partial charge in [-0.2, -0.15) is 0 Å². The molecule has 0 bridgehead atoms. The zero-order valence-corrected chi connectivity index (χ0v) is 9.96. The second-order valence-electron chi connectivity index (χ2n) is 3.80. The van der Waals surface area contributed by atoms with Gasteiger partial charge < -0.3 is 19.7 Å². The van der Waals surface area contributed by atoms with Gasteiger partial charge in [-0.3, -0.25) is 0 Å². The standard InChI is InChI=1S/C11H12N2O3S/c14-11(13-3-4-17-6-13)12-8-1-2-9-10(5-8)16-7-15-9/h1-2,5H,3-4,6-7H2,(H,12,14). The second kappa shape index (κ2) is 4.37. The first-order valence-electron chi connectivity index (χ1n) is 5.36. The number of fused-ring (bicyclic) bond motifs is 1. The molecule has 1 fully saturated rings. The van der Waals surface area contributed by atoms with E-state index in [0.29, 0.717) is 5.75 Å². The van der Waals surface area contributed by atoms with Crippen molar-refractivity contribution in [3.05, 3.63) is 18.2 Å². The molecule has 0 aliphatic carbocycles. The normalized spacial score (nSPS) is 17.3. The van der Waals surface area contributed by atoms with Gasteiger partial charge in [-0.1, -0.05) is 0 Å². The van der Waals surface area contributed by atoms with Crippen LogP contribution in [-0.4, -0.2) is 35.9 Å². The summed E-state index contributed by atoms with van der Waals surface area (Å²) in [6, 6.07) is 5.34. The van der Waals surface area contributed by atoms with E-state index >= 15 is 0 Å². The third-order valence-electron chi connectivity index (χ3n) is 2.66. The third-order valence-corrected chi connectivity index (χ3v) is 3.63. The number of hydrogen-bond donors (Lipinski definition) is 1. The van der Waals surface area contributed by atoms with Crippen molar-refractivity contribution >= 4 is 23.5 Å². The number of thioether (sulfide) groups is 1. The average Bonchev–Trinajstić information content (AvgIpc) is 2.99. The molecule has 0 unspecified atom stereocenters. The number of anilines is 1. The van der Waals surface area contributed by atoms with Crippen LogP contribution < -0.4 is 14.8 Å². The summed E-state index contributed by atoms with van der Waals surface area (Å²) in [6.45, 7) is 1.05. The lowest BCUT2D eigenvalue weighted by Gasteiger charge is -2.15. The highest BCUT2D eigenvalue weighted by atomic mass is 32.2. The molecule has 1 aromatic rings. The van der Waals surface area contributed by atoms with Crippen molar-refractivity contribution < 1.29 is 14.3 Å². The Bertz CT molecular complexity index is 446. The summed E-state index contributed by atoms with van der Waals surface area (Å²) in [4.78, 5) is 13.6. The number of amides is 2. The van der Waals surface area contributed by atoms with Crippen molar-refractivity contribution in [1.29, 1.82) is 0 Å². The summed E-state index contributed by atoms with van der Waals surface area (Å²) in [5, 5.41) is 2.85. The molecule has 3 rings (SSSR count). The van der Waals surface area contributed by atoms with Crippen molar-refractivity contribution in [2.24, 2.45) is 0 Å². The van der Waals surface area contributed by atoms with Crippen LogP contribution in [0.3, 0.4) is 0 Å². The lowest BCUT2D eigenvalue weighted by Crippen LogP contribution is -2.32. The van der Waals surface area contributed by atoms with E-state index in [-0.39, 0.29) is 12.8 Å². The van der Waals surface area contributed by atoms with Gasteiger partial charge in [0.15, 0.2) is 11.5 Å². The Morgan fingerprint density at radius 2 is 2.24 bits per heavy atom. The summed E-state index contributed by atoms with van der Waals surface area (Å²) in [5.41, 5.74) is 0.733. The fourth-order valence-electron chi connectivity index (χ4n) is 1.75. The van der Waals surface area contributed by atoms with E-state index in [1.807, 2.05) is 6.07 Å². The van der Waals surface area contributed by atoms with Crippen LogP contribution in [0.5, 0.6) is 11.5 Å². The number of nitrogens with zero attached hydrogens (tertiary/aromatic N) is 1. The lowest BCUT2D eigenvalue weighted by molar-refractivity contribution is 0.174. The summed E-state index contributed by atoms with van der Waals surface area (Å²) in [5.74, 6) is 3.17. The molecule has 1 N–H and O–H groups in total. The highest BCUT2D eigenvalue weighted by Crippen LogP contribution is 2.34. The van der Waals surface area contributed by atoms with Crippen molar-refractivity contribution in [1.82, 2.24) is 4.90 Å². The largest absolute Gasteiger partial charge is 0.454 e. The predicted molar refractivity (Wildman–Crippen MR) is 65.6 cm³/mol. The number of ether oxygens (including phenoxy) is 2. The van der Waals surface area contributed by atoms with Crippen molar-refractivity contribution in [3.63, 3.8) is 0 Å². The Labute approximate surface area is 103 Å². The van der Waals surface area contributed by atoms with Crippen LogP contribution in [0.15, 0.2) is 18.2 Å². The van der Waals surface area contributed by atoms with Crippen molar-refractivity contribution in [2.45, 2.75) is 0 Å². The highest BCUT2D eigenvalue weighted by molar-refractivity contribution is 7.99. The van der Waals surface area contributed by atoms with Gasteiger partial charge >= 0.3 is 6.03 Å². The molecule has 2 heterocycles. The van der Waals surface area contributed by atoms with E-state index in [9.17, 15) is 4.79 Å². The van der Waals surface area contributed by atoms with Crippen LogP contribution in [0.1, 0.15) is 0 Å². The van der Waals surface area contributed by atoms with E-state index in [1.165, 1.54) is 0 Å². The number of carbonyl (C=O) groups is 1. The van der Waals surface area contributed by atoms with Crippen LogP contribution in [0.4, 0.5) is 10.5 Å². The fourth-order valence-corrected chi connectivity index (χ4v) is 2.70. The Morgan fingerprint density at radius 1 is 1.35 bits per heavy atom. The molecule has 0 atom stereocenters. The average molecular weight is 252 g/mol. The van der Waals surface area contributed by atoms with Gasteiger partial charge in [0.2, 0.25) is 6.79 Å². The van der Waals surface area contributed by atoms with Crippen molar-refractivity contribution in [3.8, 4) is 11.5 Å². The van der Waals surface area contributed by atoms with Gasteiger partial charge in [0.05, 0.1) is 5.88 Å². The molecule has 0 aromatic heterocycles. The Morgan fingerprint density at radius 3 is 3.06 bits per heavy atom. The minimum atomic E-state index is -0.0612. The predicted octanol–water partition coefficient (Wildman–Crippen LogP) is 1.95. The smallest absolute Gasteiger partial charge is 0.322 e. The number of nitrogens with one attached hydrogen (secondary N) is 1. The minimum absolute atomic E-state index is 0.0612. The quantitative estimate of drug-likeness (QED) is 0.830. The first kappa shape index (κ1) is 10.6. The number of hydrogen-bond acceptors (Lipinski definition) is 4. The highest BCUT2D eigenvalue weighted by Gasteiger charge is 2.19. The van der Waals surface area contributed by atoms with E-state index in [4.69, 9.17) is 9.47 Å². The third kappa shape index (κ3) is 2.12. The molecule has 5 nitrogen and oxygen atoms in total. The maximum atomic E-state index is 11.8. The molecular weight excluding hydrogens is 240 g/mol. The van der Waals surface area contributed by atoms with Crippen molar-refractivity contribution in [2.75, 3.05) is 30.3 Å². The molecule has 1 saturated heterocycles. The first-order chi connectivity index (χ1) is 8.33. The maximum absolute atomic E-state index is 11.8. The molecular formula is C11H12N2O3S. The van der Waals surface area contributed by atoms with Gasteiger partial charge in [0.25, 0.3) is 0 Å². The molecule has 0 spiro atoms. The summed E-state index contributed by atoms with van der Waals surface area (Å²) >= 11 is 1.76. The van der Waals surface area contributed by atoms with Gasteiger partial charge in [0.1, 0.15) is 0 Å². The Kier molecular flexibility index (Phi) is 2.72. The first-order valence-corrected chi connectivity index (χ1v) is 6.52. The monoisotopic (exact) mass is 252 g/mol. The van der Waals surface area contributed by atoms with Crippen LogP contribution >= 0.6 is 11.8 Å². The molecule has 90 valence electrons. The zero-order valence-electron chi connectivity index (χ0n) is 9.14. The van der Waals surface area contributed by atoms with Crippen LogP contribution in [-0.2, 0) is 0 Å². The molecule has 2 aliphatic rings. The number of carbonyl (C=O) groups excluding carboxylic acids is 1. The van der Waals surface area contributed by atoms with Crippen LogP contribution in [0.2, 0.25) is 0 Å². The van der Waals surface area contributed by atoms with Gasteiger partial charge in [-0.15, -0.1) is 11.8 Å². The van der Waals surface area contributed by atoms with E-state index in [1.54, 1.807) is 28.8 Å². The summed E-state index contributed by atoms with van der Waals surface area (Å²) < 4.78 is 10.5. The molecule has 17 heavy (non-hydrogen) atoms. The minimum Gasteiger partial charge on any atom is -0.454 e. The molecule has 1 aromatic carbocycles. The Balaban J connectivity index is 1.70. The van der Waals surface area contributed by atoms with E-state index < -0.39 is 0 Å². The van der Waals surface area contributed by atoms with E-state index in [2.05, 4.69) is 5.32 Å². The molecule has 6 heteroatoms. The maximum Gasteiger partial charge on any atom is 0.322 e. The number of benzene rings is 1. The lowest BCUT2D eigenvalue weighted by atomic mass is 10.3. The summed E-state index contributed by atoms with van der Waals surface area (Å²) in [7, 11) is 0. The van der Waals surface area contributed by atoms with Crippen LogP contribution in [0.25, 0.3) is 0 Å². The molecule has 0 radical (unpaired) electrons. The molecule has 2 aliphatic heterocycles.